The lowest BCUT2D eigenvalue weighted by atomic mass is 9.95. The highest BCUT2D eigenvalue weighted by atomic mass is 32.1. The molecule has 0 unspecified atom stereocenters. The molecule has 0 saturated heterocycles. The van der Waals surface area contributed by atoms with Crippen molar-refractivity contribution in [3.8, 4) is 17.1 Å². The molecule has 0 aliphatic heterocycles. The van der Waals surface area contributed by atoms with E-state index in [0.717, 1.165) is 23.6 Å². The number of hydrogen-bond donors (Lipinski definition) is 1. The number of rotatable bonds is 6. The molecule has 0 amide bonds. The minimum Gasteiger partial charge on any atom is -0.374 e. The van der Waals surface area contributed by atoms with Gasteiger partial charge in [0.25, 0.3) is 0 Å². The average Bonchev–Trinajstić information content (AvgIpc) is 3.11. The Morgan fingerprint density at radius 2 is 1.65 bits per heavy atom. The molecule has 3 aromatic rings. The molecule has 1 heterocycles. The molecule has 0 saturated carbocycles. The van der Waals surface area contributed by atoms with E-state index in [-0.39, 0.29) is 0 Å². The molecule has 3 rings (SSSR count). The molecule has 2 aromatic carbocycles. The van der Waals surface area contributed by atoms with Gasteiger partial charge in [-0.25, -0.2) is 0 Å². The van der Waals surface area contributed by atoms with E-state index in [1.807, 2.05) is 18.4 Å². The Bertz CT molecular complexity index is 1060. The largest absolute Gasteiger partial charge is 0.374 e. The summed E-state index contributed by atoms with van der Waals surface area (Å²) in [5.74, 6) is 1.90. The fraction of sp³-hybridized carbons (Fsp3) is 0.462. The van der Waals surface area contributed by atoms with Gasteiger partial charge in [0, 0.05) is 24.8 Å². The summed E-state index contributed by atoms with van der Waals surface area (Å²) < 4.78 is 2.64. The number of nitrogens with zero attached hydrogens (tertiary/aromatic N) is 3. The molecule has 5 heteroatoms. The van der Waals surface area contributed by atoms with Crippen LogP contribution in [0.25, 0.3) is 17.1 Å². The van der Waals surface area contributed by atoms with Gasteiger partial charge in [-0.2, -0.15) is 5.10 Å². The predicted molar refractivity (Wildman–Crippen MR) is 137 cm³/mol. The molecular weight excluding hydrogens is 400 g/mol. The number of hydrogen-bond acceptors (Lipinski definition) is 3. The standard InChI is InChI=1S/C24H32N4S.C2H6/c1-15(2)14-27(7)22-13-20(11-9-18(22)6)28-23(25-26-24(28)29)19-10-8-17(5)21(12-19)16(3)4;1-2/h8-13,15-16H,14H2,1-7H3,(H,26,29);1-2H3. The zero-order valence-electron chi connectivity index (χ0n) is 20.6. The van der Waals surface area contributed by atoms with Crippen LogP contribution in [0.15, 0.2) is 36.4 Å². The van der Waals surface area contributed by atoms with Gasteiger partial charge in [0.2, 0.25) is 0 Å². The van der Waals surface area contributed by atoms with Gasteiger partial charge in [0.05, 0.1) is 5.69 Å². The molecule has 0 atom stereocenters. The SMILES string of the molecule is CC.Cc1ccc(-c2n[nH]c(=S)n2-c2ccc(C)c(N(C)CC(C)C)c2)cc1C(C)C. The third kappa shape index (κ3) is 5.65. The zero-order chi connectivity index (χ0) is 23.3. The fourth-order valence-corrected chi connectivity index (χ4v) is 4.16. The minimum atomic E-state index is 0.459. The first-order valence-corrected chi connectivity index (χ1v) is 11.7. The lowest BCUT2D eigenvalue weighted by Crippen LogP contribution is -2.23. The molecule has 0 spiro atoms. The quantitative estimate of drug-likeness (QED) is 0.406. The summed E-state index contributed by atoms with van der Waals surface area (Å²) in [5, 5.41) is 7.57. The predicted octanol–water partition coefficient (Wildman–Crippen LogP) is 7.46. The van der Waals surface area contributed by atoms with Crippen LogP contribution >= 0.6 is 12.2 Å². The van der Waals surface area contributed by atoms with Crippen molar-refractivity contribution in [1.29, 1.82) is 0 Å². The first kappa shape index (κ1) is 24.9. The lowest BCUT2D eigenvalue weighted by molar-refractivity contribution is 0.637. The Morgan fingerprint density at radius 3 is 2.26 bits per heavy atom. The van der Waals surface area contributed by atoms with E-state index in [2.05, 4.69) is 100 Å². The summed E-state index contributed by atoms with van der Waals surface area (Å²) in [6, 6.07) is 13.0. The van der Waals surface area contributed by atoms with Crippen molar-refractivity contribution in [2.75, 3.05) is 18.5 Å². The fourth-order valence-electron chi connectivity index (χ4n) is 3.93. The van der Waals surface area contributed by atoms with Crippen molar-refractivity contribution in [2.24, 2.45) is 5.92 Å². The van der Waals surface area contributed by atoms with E-state index < -0.39 is 0 Å². The Morgan fingerprint density at radius 1 is 1.00 bits per heavy atom. The number of anilines is 1. The van der Waals surface area contributed by atoms with Crippen LogP contribution in [0.5, 0.6) is 0 Å². The van der Waals surface area contributed by atoms with Crippen molar-refractivity contribution in [3.63, 3.8) is 0 Å². The molecule has 0 bridgehead atoms. The van der Waals surface area contributed by atoms with Gasteiger partial charge in [-0.1, -0.05) is 59.7 Å². The Hall–Kier alpha value is -2.40. The maximum absolute atomic E-state index is 5.61. The number of benzene rings is 2. The first-order valence-electron chi connectivity index (χ1n) is 11.3. The highest BCUT2D eigenvalue weighted by Gasteiger charge is 2.15. The number of aromatic amines is 1. The van der Waals surface area contributed by atoms with Crippen molar-refractivity contribution < 1.29 is 0 Å². The molecule has 168 valence electrons. The molecular formula is C26H38N4S. The molecule has 0 fully saturated rings. The monoisotopic (exact) mass is 438 g/mol. The number of aromatic nitrogens is 3. The van der Waals surface area contributed by atoms with Crippen LogP contribution in [-0.4, -0.2) is 28.4 Å². The van der Waals surface area contributed by atoms with E-state index in [0.29, 0.717) is 16.6 Å². The van der Waals surface area contributed by atoms with Crippen LogP contribution in [0.1, 0.15) is 64.2 Å². The number of H-pyrrole nitrogens is 1. The van der Waals surface area contributed by atoms with Gasteiger partial charge >= 0.3 is 0 Å². The minimum absolute atomic E-state index is 0.459. The maximum Gasteiger partial charge on any atom is 0.200 e. The molecule has 4 nitrogen and oxygen atoms in total. The van der Waals surface area contributed by atoms with Gasteiger partial charge < -0.3 is 4.90 Å². The van der Waals surface area contributed by atoms with Gasteiger partial charge in [0.1, 0.15) is 0 Å². The van der Waals surface area contributed by atoms with Crippen LogP contribution < -0.4 is 4.90 Å². The molecule has 1 N–H and O–H groups in total. The normalized spacial score (nSPS) is 10.9. The van der Waals surface area contributed by atoms with Crippen molar-refractivity contribution in [1.82, 2.24) is 14.8 Å². The van der Waals surface area contributed by atoms with Gasteiger partial charge in [-0.05, 0) is 72.8 Å². The van der Waals surface area contributed by atoms with Crippen LogP contribution in [0.3, 0.4) is 0 Å². The summed E-state index contributed by atoms with van der Waals surface area (Å²) in [6.07, 6.45) is 0. The first-order chi connectivity index (χ1) is 14.7. The third-order valence-corrected chi connectivity index (χ3v) is 5.61. The number of nitrogens with one attached hydrogen (secondary N) is 1. The smallest absolute Gasteiger partial charge is 0.200 e. The van der Waals surface area contributed by atoms with Crippen LogP contribution in [-0.2, 0) is 0 Å². The van der Waals surface area contributed by atoms with E-state index in [1.54, 1.807) is 0 Å². The summed E-state index contributed by atoms with van der Waals surface area (Å²) in [4.78, 5) is 2.32. The number of aryl methyl sites for hydroxylation is 2. The summed E-state index contributed by atoms with van der Waals surface area (Å²) in [5.41, 5.74) is 7.22. The Balaban J connectivity index is 0.00000166. The Kier molecular flexibility index (Phi) is 8.63. The van der Waals surface area contributed by atoms with E-state index in [9.17, 15) is 0 Å². The van der Waals surface area contributed by atoms with Crippen LogP contribution in [0, 0.1) is 24.5 Å². The highest BCUT2D eigenvalue weighted by Crippen LogP contribution is 2.29. The molecule has 0 radical (unpaired) electrons. The highest BCUT2D eigenvalue weighted by molar-refractivity contribution is 7.71. The van der Waals surface area contributed by atoms with Crippen molar-refractivity contribution in [3.05, 3.63) is 57.9 Å². The molecule has 0 aliphatic carbocycles. The van der Waals surface area contributed by atoms with Gasteiger partial charge in [-0.3, -0.25) is 9.67 Å². The second-order valence-corrected chi connectivity index (χ2v) is 9.05. The summed E-state index contributed by atoms with van der Waals surface area (Å²) >= 11 is 5.61. The van der Waals surface area contributed by atoms with Gasteiger partial charge in [-0.15, -0.1) is 0 Å². The molecule has 0 aliphatic rings. The average molecular weight is 439 g/mol. The maximum atomic E-state index is 5.61. The van der Waals surface area contributed by atoms with Crippen molar-refractivity contribution >= 4 is 17.9 Å². The van der Waals surface area contributed by atoms with E-state index in [4.69, 9.17) is 12.2 Å². The third-order valence-electron chi connectivity index (χ3n) is 5.33. The van der Waals surface area contributed by atoms with Gasteiger partial charge in [0.15, 0.2) is 10.6 Å². The van der Waals surface area contributed by atoms with Crippen LogP contribution in [0.4, 0.5) is 5.69 Å². The Labute approximate surface area is 193 Å². The molecule has 1 aromatic heterocycles. The van der Waals surface area contributed by atoms with E-state index in [1.165, 1.54) is 22.4 Å². The second kappa shape index (κ2) is 10.8. The van der Waals surface area contributed by atoms with E-state index >= 15 is 0 Å². The molecule has 31 heavy (non-hydrogen) atoms. The zero-order valence-corrected chi connectivity index (χ0v) is 21.4. The summed E-state index contributed by atoms with van der Waals surface area (Å²) in [7, 11) is 2.15. The lowest BCUT2D eigenvalue weighted by Gasteiger charge is -2.24. The topological polar surface area (TPSA) is 36.9 Å². The summed E-state index contributed by atoms with van der Waals surface area (Å²) in [6.45, 7) is 18.2. The second-order valence-electron chi connectivity index (χ2n) is 8.66. The van der Waals surface area contributed by atoms with Crippen molar-refractivity contribution in [2.45, 2.75) is 61.3 Å². The van der Waals surface area contributed by atoms with Crippen LogP contribution in [0.2, 0.25) is 0 Å².